The van der Waals surface area contributed by atoms with Gasteiger partial charge in [0.25, 0.3) is 0 Å². The van der Waals surface area contributed by atoms with Crippen molar-refractivity contribution in [3.8, 4) is 0 Å². The van der Waals surface area contributed by atoms with Crippen molar-refractivity contribution >= 4 is 33.7 Å². The van der Waals surface area contributed by atoms with Crippen molar-refractivity contribution in [2.24, 2.45) is 23.7 Å². The third-order valence-electron chi connectivity index (χ3n) is 7.26. The predicted octanol–water partition coefficient (Wildman–Crippen LogP) is 2.15. The zero-order chi connectivity index (χ0) is 35.4. The van der Waals surface area contributed by atoms with Gasteiger partial charge < -0.3 is 35.5 Å². The summed E-state index contributed by atoms with van der Waals surface area (Å²) in [5.41, 5.74) is 0.377. The SMILES string of the molecule is CC[C@H](C[C@H](O)[C@@H](CC(C)C)NC(=O)[C@H](CS(C)(=O)=O)NC(=O)OCc1nc(C)oc1C)C(=O)N[C@@H](C(=O)NCC(C)C)C(C)C. The van der Waals surface area contributed by atoms with E-state index in [9.17, 15) is 32.7 Å². The van der Waals surface area contributed by atoms with E-state index < -0.39 is 63.6 Å². The quantitative estimate of drug-likeness (QED) is 0.145. The fourth-order valence-corrected chi connectivity index (χ4v) is 5.59. The summed E-state index contributed by atoms with van der Waals surface area (Å²) in [5.74, 6) is -2.00. The molecular weight excluding hydrogens is 618 g/mol. The summed E-state index contributed by atoms with van der Waals surface area (Å²) in [6.07, 6.45) is -0.666. The molecule has 0 bridgehead atoms. The van der Waals surface area contributed by atoms with Crippen LogP contribution in [0.15, 0.2) is 4.42 Å². The minimum absolute atomic E-state index is 0.00395. The number of hydrogen-bond donors (Lipinski definition) is 5. The van der Waals surface area contributed by atoms with E-state index >= 15 is 0 Å². The second kappa shape index (κ2) is 18.8. The summed E-state index contributed by atoms with van der Waals surface area (Å²) in [7, 11) is -3.74. The number of aromatic nitrogens is 1. The Morgan fingerprint density at radius 1 is 0.913 bits per heavy atom. The Morgan fingerprint density at radius 2 is 1.54 bits per heavy atom. The molecule has 0 unspecified atom stereocenters. The topological polar surface area (TPSA) is 206 Å². The molecule has 0 fully saturated rings. The number of nitrogens with zero attached hydrogens (tertiary/aromatic N) is 1. The molecule has 0 radical (unpaired) electrons. The molecule has 0 saturated carbocycles. The molecule has 0 aliphatic carbocycles. The lowest BCUT2D eigenvalue weighted by Gasteiger charge is -2.30. The van der Waals surface area contributed by atoms with E-state index in [1.54, 1.807) is 20.8 Å². The highest BCUT2D eigenvalue weighted by atomic mass is 32.2. The maximum atomic E-state index is 13.4. The molecule has 1 aromatic heterocycles. The molecule has 0 aromatic carbocycles. The van der Waals surface area contributed by atoms with Gasteiger partial charge in [-0.15, -0.1) is 0 Å². The molecule has 14 nitrogen and oxygen atoms in total. The van der Waals surface area contributed by atoms with Crippen LogP contribution >= 0.6 is 0 Å². The number of oxazole rings is 1. The molecule has 5 atom stereocenters. The summed E-state index contributed by atoms with van der Waals surface area (Å²) < 4.78 is 34.8. The lowest BCUT2D eigenvalue weighted by molar-refractivity contribution is -0.133. The van der Waals surface area contributed by atoms with Crippen LogP contribution in [0.5, 0.6) is 0 Å². The molecule has 4 amide bonds. The van der Waals surface area contributed by atoms with E-state index in [1.165, 1.54) is 0 Å². The number of amides is 4. The Bertz CT molecular complexity index is 1260. The number of aliphatic hydroxyl groups is 1. The predicted molar refractivity (Wildman–Crippen MR) is 173 cm³/mol. The molecule has 0 saturated heterocycles. The number of hydrogen-bond acceptors (Lipinski definition) is 10. The Morgan fingerprint density at radius 3 is 2.02 bits per heavy atom. The number of carbonyl (C=O) groups excluding carboxylic acids is 4. The van der Waals surface area contributed by atoms with Gasteiger partial charge in [0.05, 0.1) is 17.9 Å². The summed E-state index contributed by atoms with van der Waals surface area (Å²) in [5, 5.41) is 21.9. The normalized spacial score (nSPS) is 15.2. The van der Waals surface area contributed by atoms with Crippen molar-refractivity contribution in [1.29, 1.82) is 0 Å². The van der Waals surface area contributed by atoms with Crippen molar-refractivity contribution in [1.82, 2.24) is 26.3 Å². The second-order valence-electron chi connectivity index (χ2n) is 13.1. The molecule has 5 N–H and O–H groups in total. The fourth-order valence-electron chi connectivity index (χ4n) is 4.75. The van der Waals surface area contributed by atoms with Crippen LogP contribution in [0.4, 0.5) is 4.79 Å². The number of carbonyl (C=O) groups is 4. The van der Waals surface area contributed by atoms with Gasteiger partial charge in [-0.3, -0.25) is 14.4 Å². The zero-order valence-electron chi connectivity index (χ0n) is 28.9. The Labute approximate surface area is 273 Å². The van der Waals surface area contributed by atoms with E-state index in [2.05, 4.69) is 26.3 Å². The van der Waals surface area contributed by atoms with Crippen molar-refractivity contribution in [2.45, 2.75) is 112 Å². The lowest BCUT2D eigenvalue weighted by atomic mass is 9.89. The summed E-state index contributed by atoms with van der Waals surface area (Å²) in [4.78, 5) is 56.1. The summed E-state index contributed by atoms with van der Waals surface area (Å²) in [6.45, 7) is 16.7. The van der Waals surface area contributed by atoms with Crippen LogP contribution < -0.4 is 21.3 Å². The van der Waals surface area contributed by atoms with Gasteiger partial charge in [-0.05, 0) is 43.9 Å². The maximum Gasteiger partial charge on any atom is 0.408 e. The first-order valence-electron chi connectivity index (χ1n) is 15.8. The van der Waals surface area contributed by atoms with Gasteiger partial charge in [0.15, 0.2) is 5.89 Å². The van der Waals surface area contributed by atoms with E-state index in [1.807, 2.05) is 41.5 Å². The van der Waals surface area contributed by atoms with Gasteiger partial charge in [-0.2, -0.15) is 0 Å². The average molecular weight is 674 g/mol. The highest BCUT2D eigenvalue weighted by Gasteiger charge is 2.33. The molecule has 264 valence electrons. The van der Waals surface area contributed by atoms with E-state index in [0.29, 0.717) is 36.7 Å². The minimum atomic E-state index is -3.74. The van der Waals surface area contributed by atoms with Crippen LogP contribution in [0.1, 0.15) is 85.1 Å². The van der Waals surface area contributed by atoms with Gasteiger partial charge in [-0.25, -0.2) is 18.2 Å². The van der Waals surface area contributed by atoms with Crippen molar-refractivity contribution in [3.05, 3.63) is 17.3 Å². The van der Waals surface area contributed by atoms with Crippen molar-refractivity contribution in [2.75, 3.05) is 18.6 Å². The molecule has 15 heteroatoms. The first-order valence-corrected chi connectivity index (χ1v) is 17.9. The second-order valence-corrected chi connectivity index (χ2v) is 15.3. The largest absolute Gasteiger partial charge is 0.446 e. The molecular formula is C31H55N5O9S. The summed E-state index contributed by atoms with van der Waals surface area (Å²) >= 11 is 0. The highest BCUT2D eigenvalue weighted by molar-refractivity contribution is 7.90. The average Bonchev–Trinajstić information content (AvgIpc) is 3.26. The third kappa shape index (κ3) is 14.9. The number of alkyl carbamates (subject to hydrolysis) is 1. The van der Waals surface area contributed by atoms with Crippen molar-refractivity contribution < 1.29 is 41.9 Å². The minimum Gasteiger partial charge on any atom is -0.446 e. The molecule has 1 rings (SSSR count). The fraction of sp³-hybridized carbons (Fsp3) is 0.774. The number of nitrogens with one attached hydrogen (secondary N) is 4. The molecule has 0 aliphatic rings. The summed E-state index contributed by atoms with van der Waals surface area (Å²) in [6, 6.07) is -3.15. The Hall–Kier alpha value is -3.20. The maximum absolute atomic E-state index is 13.4. The zero-order valence-corrected chi connectivity index (χ0v) is 29.7. The third-order valence-corrected chi connectivity index (χ3v) is 8.19. The van der Waals surface area contributed by atoms with Crippen LogP contribution in [0.2, 0.25) is 0 Å². The molecule has 46 heavy (non-hydrogen) atoms. The van der Waals surface area contributed by atoms with Crippen LogP contribution in [0.3, 0.4) is 0 Å². The first kappa shape index (κ1) is 40.8. The number of rotatable bonds is 19. The molecule has 1 heterocycles. The number of aryl methyl sites for hydroxylation is 2. The van der Waals surface area contributed by atoms with Crippen molar-refractivity contribution in [3.63, 3.8) is 0 Å². The van der Waals surface area contributed by atoms with E-state index in [4.69, 9.17) is 9.15 Å². The van der Waals surface area contributed by atoms with Gasteiger partial charge in [0.2, 0.25) is 17.7 Å². The monoisotopic (exact) mass is 673 g/mol. The Balaban J connectivity index is 3.04. The highest BCUT2D eigenvalue weighted by Crippen LogP contribution is 2.19. The van der Waals surface area contributed by atoms with Gasteiger partial charge in [0.1, 0.15) is 40.0 Å². The van der Waals surface area contributed by atoms with E-state index in [-0.39, 0.29) is 36.7 Å². The van der Waals surface area contributed by atoms with Crippen LogP contribution in [0, 0.1) is 37.5 Å². The lowest BCUT2D eigenvalue weighted by Crippen LogP contribution is -2.55. The first-order chi connectivity index (χ1) is 21.2. The van der Waals surface area contributed by atoms with Gasteiger partial charge >= 0.3 is 6.09 Å². The van der Waals surface area contributed by atoms with Gasteiger partial charge in [-0.1, -0.05) is 48.5 Å². The molecule has 0 aliphatic heterocycles. The van der Waals surface area contributed by atoms with E-state index in [0.717, 1.165) is 6.26 Å². The molecule has 1 aromatic rings. The van der Waals surface area contributed by atoms with Gasteiger partial charge in [0, 0.05) is 25.6 Å². The van der Waals surface area contributed by atoms with Crippen LogP contribution in [0.25, 0.3) is 0 Å². The number of ether oxygens (including phenoxy) is 1. The molecule has 0 spiro atoms. The van der Waals surface area contributed by atoms with Crippen LogP contribution in [-0.2, 0) is 35.6 Å². The Kier molecular flexibility index (Phi) is 16.7. The smallest absolute Gasteiger partial charge is 0.408 e. The van der Waals surface area contributed by atoms with Crippen LogP contribution in [-0.4, -0.2) is 85.1 Å². The number of aliphatic hydroxyl groups excluding tert-OH is 1. The standard InChI is InChI=1S/C31H55N5O9S/c1-11-22(28(38)36-27(19(6)7)30(40)32-14-18(4)5)13-26(37)23(12-17(2)3)34-29(39)25(16-46(10,42)43)35-31(41)44-15-24-20(8)45-21(9)33-24/h17-19,22-23,25-27,37H,11-16H2,1-10H3,(H,32,40)(H,34,39)(H,35,41)(H,36,38)/t22-,23-,25+,26+,27-/m1/s1. The number of sulfone groups is 1.